The van der Waals surface area contributed by atoms with Gasteiger partial charge in [-0.3, -0.25) is 14.1 Å². The summed E-state index contributed by atoms with van der Waals surface area (Å²) in [5, 5.41) is 9.50. The van der Waals surface area contributed by atoms with Crippen LogP contribution in [-0.4, -0.2) is 28.2 Å². The molecule has 68 heavy (non-hydrogen) atoms. The smallest absolute Gasteiger partial charge is 0.165 e. The molecule has 0 aliphatic heterocycles. The van der Waals surface area contributed by atoms with Gasteiger partial charge in [-0.15, -0.1) is 0 Å². The summed E-state index contributed by atoms with van der Waals surface area (Å²) in [5.74, 6) is 1.64. The predicted molar refractivity (Wildman–Crippen MR) is 284 cm³/mol. The first kappa shape index (κ1) is 38.5. The molecule has 6 aromatic heterocycles. The molecule has 6 heterocycles. The fourth-order valence-corrected chi connectivity index (χ4v) is 11.4. The molecule has 0 spiro atoms. The third kappa shape index (κ3) is 5.40. The Hall–Kier alpha value is -8.74. The number of aryl methyl sites for hydroxylation is 4. The Morgan fingerprint density at radius 3 is 0.912 bits per heavy atom. The van der Waals surface area contributed by atoms with E-state index in [0.717, 1.165) is 78.3 Å². The highest BCUT2D eigenvalue weighted by Crippen LogP contribution is 2.49. The second kappa shape index (κ2) is 14.4. The van der Waals surface area contributed by atoms with E-state index in [-0.39, 0.29) is 0 Å². The zero-order valence-corrected chi connectivity index (χ0v) is 38.2. The van der Waals surface area contributed by atoms with Crippen molar-refractivity contribution in [3.63, 3.8) is 0 Å². The zero-order chi connectivity index (χ0) is 45.4. The second-order valence-electron chi connectivity index (χ2n) is 18.6. The van der Waals surface area contributed by atoms with Gasteiger partial charge >= 0.3 is 0 Å². The highest BCUT2D eigenvalue weighted by Gasteiger charge is 2.32. The summed E-state index contributed by atoms with van der Waals surface area (Å²) >= 11 is 0. The molecule has 0 saturated carbocycles. The maximum Gasteiger partial charge on any atom is 0.165 e. The average molecular weight is 873 g/mol. The first-order valence-electron chi connectivity index (χ1n) is 23.4. The number of benzene rings is 8. The minimum absolute atomic E-state index is 0.822. The van der Waals surface area contributed by atoms with Gasteiger partial charge in [0.1, 0.15) is 11.4 Å². The highest BCUT2D eigenvalue weighted by atomic mass is 15.2. The topological polar surface area (TPSA) is 45.5 Å². The number of aromatic nitrogens is 6. The molecule has 6 nitrogen and oxygen atoms in total. The predicted octanol–water partition coefficient (Wildman–Crippen LogP) is 15.8. The molecular formula is C62H44N6. The van der Waals surface area contributed by atoms with Gasteiger partial charge in [-0.1, -0.05) is 119 Å². The van der Waals surface area contributed by atoms with Gasteiger partial charge in [-0.2, -0.15) is 0 Å². The van der Waals surface area contributed by atoms with E-state index in [0.29, 0.717) is 0 Å². The van der Waals surface area contributed by atoms with Crippen LogP contribution in [0.1, 0.15) is 22.3 Å². The number of para-hydroxylation sites is 4. The highest BCUT2D eigenvalue weighted by molar-refractivity contribution is 6.16. The molecule has 0 amide bonds. The number of nitrogens with zero attached hydrogens (tertiary/aromatic N) is 6. The number of pyridine rings is 2. The Bertz CT molecular complexity index is 3940. The molecule has 0 fully saturated rings. The van der Waals surface area contributed by atoms with Gasteiger partial charge in [0.05, 0.1) is 44.1 Å². The van der Waals surface area contributed by atoms with Crippen molar-refractivity contribution in [3.8, 4) is 34.1 Å². The van der Waals surface area contributed by atoms with Crippen LogP contribution in [0, 0.1) is 27.7 Å². The lowest BCUT2D eigenvalue weighted by Gasteiger charge is -2.26. The summed E-state index contributed by atoms with van der Waals surface area (Å²) in [5.41, 5.74) is 17.6. The van der Waals surface area contributed by atoms with Crippen LogP contribution in [0.25, 0.3) is 121 Å². The van der Waals surface area contributed by atoms with Gasteiger partial charge in [-0.05, 0) is 118 Å². The molecule has 0 unspecified atom stereocenters. The standard InChI is InChI=1S/C62H44N6/c1-37-21-25-54-46(33-37)47-34-38(2)22-26-55(47)65(54)59-58(41-29-31-63-32-30-41)60(66-56-27-23-39(3)35-48(56)49-36-40(4)24-28-57(49)66)62(68-52-19-11-7-15-44(52)45-16-8-12-20-53(45)68)64-61(59)67-50-17-9-5-13-42(50)43-14-6-10-18-51(43)67/h5-36H,1-4H3. The van der Waals surface area contributed by atoms with E-state index in [4.69, 9.17) is 4.98 Å². The van der Waals surface area contributed by atoms with E-state index in [9.17, 15) is 0 Å². The van der Waals surface area contributed by atoms with Crippen molar-refractivity contribution in [1.82, 2.24) is 28.2 Å². The first-order valence-corrected chi connectivity index (χ1v) is 23.4. The lowest BCUT2D eigenvalue weighted by molar-refractivity contribution is 0.961. The van der Waals surface area contributed by atoms with Crippen molar-refractivity contribution in [1.29, 1.82) is 0 Å². The summed E-state index contributed by atoms with van der Waals surface area (Å²) in [6.07, 6.45) is 3.86. The Morgan fingerprint density at radius 2 is 0.588 bits per heavy atom. The molecule has 322 valence electrons. The molecular weight excluding hydrogens is 829 g/mol. The Kier molecular flexibility index (Phi) is 8.15. The monoisotopic (exact) mass is 872 g/mol. The zero-order valence-electron chi connectivity index (χ0n) is 38.2. The van der Waals surface area contributed by atoms with E-state index >= 15 is 0 Å². The molecule has 0 aliphatic rings. The van der Waals surface area contributed by atoms with Crippen LogP contribution < -0.4 is 0 Å². The minimum Gasteiger partial charge on any atom is -0.305 e. The van der Waals surface area contributed by atoms with Crippen molar-refractivity contribution in [2.24, 2.45) is 0 Å². The summed E-state index contributed by atoms with van der Waals surface area (Å²) in [6, 6.07) is 67.1. The van der Waals surface area contributed by atoms with Crippen LogP contribution in [0.4, 0.5) is 0 Å². The molecule has 0 bridgehead atoms. The van der Waals surface area contributed by atoms with Crippen LogP contribution in [0.5, 0.6) is 0 Å². The van der Waals surface area contributed by atoms with Crippen molar-refractivity contribution in [2.75, 3.05) is 0 Å². The lowest BCUT2D eigenvalue weighted by atomic mass is 10.0. The van der Waals surface area contributed by atoms with E-state index < -0.39 is 0 Å². The molecule has 0 saturated heterocycles. The maximum absolute atomic E-state index is 6.32. The van der Waals surface area contributed by atoms with Gasteiger partial charge in [0, 0.05) is 61.0 Å². The van der Waals surface area contributed by atoms with Gasteiger partial charge in [0.15, 0.2) is 11.6 Å². The minimum atomic E-state index is 0.822. The van der Waals surface area contributed by atoms with Gasteiger partial charge < -0.3 is 9.13 Å². The van der Waals surface area contributed by atoms with Crippen LogP contribution in [-0.2, 0) is 0 Å². The van der Waals surface area contributed by atoms with Crippen LogP contribution in [0.2, 0.25) is 0 Å². The number of hydrogen-bond donors (Lipinski definition) is 0. The third-order valence-electron chi connectivity index (χ3n) is 14.3. The molecule has 14 aromatic rings. The fraction of sp³-hybridized carbons (Fsp3) is 0.0645. The fourth-order valence-electron chi connectivity index (χ4n) is 11.4. The number of hydrogen-bond acceptors (Lipinski definition) is 2. The number of rotatable bonds is 5. The van der Waals surface area contributed by atoms with Gasteiger partial charge in [0.25, 0.3) is 0 Å². The summed E-state index contributed by atoms with van der Waals surface area (Å²) in [6.45, 7) is 8.76. The average Bonchev–Trinajstić information content (AvgIpc) is 4.08. The lowest BCUT2D eigenvalue weighted by Crippen LogP contribution is -2.16. The van der Waals surface area contributed by atoms with Crippen LogP contribution >= 0.6 is 0 Å². The molecule has 0 atom stereocenters. The number of fused-ring (bicyclic) bond motifs is 12. The second-order valence-corrected chi connectivity index (χ2v) is 18.6. The van der Waals surface area contributed by atoms with Gasteiger partial charge in [0.2, 0.25) is 0 Å². The van der Waals surface area contributed by atoms with Crippen molar-refractivity contribution < 1.29 is 0 Å². The summed E-state index contributed by atoms with van der Waals surface area (Å²) in [4.78, 5) is 11.0. The van der Waals surface area contributed by atoms with Gasteiger partial charge in [-0.25, -0.2) is 4.98 Å². The third-order valence-corrected chi connectivity index (χ3v) is 14.3. The van der Waals surface area contributed by atoms with Crippen LogP contribution in [0.15, 0.2) is 194 Å². The summed E-state index contributed by atoms with van der Waals surface area (Å²) < 4.78 is 9.86. The molecule has 8 aromatic carbocycles. The van der Waals surface area contributed by atoms with E-state index in [1.54, 1.807) is 0 Å². The normalized spacial score (nSPS) is 12.1. The maximum atomic E-state index is 6.32. The van der Waals surface area contributed by atoms with E-state index in [1.807, 2.05) is 12.4 Å². The molecule has 14 rings (SSSR count). The first-order chi connectivity index (χ1) is 33.4. The van der Waals surface area contributed by atoms with Crippen molar-refractivity contribution in [3.05, 3.63) is 217 Å². The van der Waals surface area contributed by atoms with E-state index in [1.165, 1.54) is 65.3 Å². The largest absolute Gasteiger partial charge is 0.305 e. The quantitative estimate of drug-likeness (QED) is 0.173. The van der Waals surface area contributed by atoms with Crippen molar-refractivity contribution in [2.45, 2.75) is 27.7 Å². The van der Waals surface area contributed by atoms with Crippen LogP contribution in [0.3, 0.4) is 0 Å². The molecule has 0 radical (unpaired) electrons. The molecule has 0 N–H and O–H groups in total. The SMILES string of the molecule is Cc1ccc2c(c1)c1cc(C)ccc1n2-c1c(-n2c3ccccc3c3ccccc32)nc(-n2c3ccccc3c3ccccc32)c(-n2c3ccc(C)cc3c3cc(C)ccc32)c1-c1ccncc1. The Labute approximate surface area is 392 Å². The molecule has 6 heteroatoms. The van der Waals surface area contributed by atoms with Crippen molar-refractivity contribution >= 4 is 87.2 Å². The molecule has 0 aliphatic carbocycles. The summed E-state index contributed by atoms with van der Waals surface area (Å²) in [7, 11) is 0. The Balaban J connectivity index is 1.33. The Morgan fingerprint density at radius 1 is 0.294 bits per heavy atom. The van der Waals surface area contributed by atoms with E-state index in [2.05, 4.69) is 233 Å².